The molecule has 0 bridgehead atoms. The largest absolute Gasteiger partial charge is 0.457 e. The van der Waals surface area contributed by atoms with Crippen molar-refractivity contribution in [1.82, 2.24) is 24.7 Å². The number of aromatic amines is 1. The SMILES string of the molecule is Cn1cc(-c2cc(Oc3ccc4nc(Cc5ccccc5)[nH]c(=O)c4c3)ccn2)cn1. The molecule has 0 spiro atoms. The van der Waals surface area contributed by atoms with Gasteiger partial charge in [-0.3, -0.25) is 14.5 Å². The predicted octanol–water partition coefficient (Wildman–Crippen LogP) is 4.10. The third-order valence-corrected chi connectivity index (χ3v) is 4.91. The molecular formula is C24H19N5O2. The molecule has 7 nitrogen and oxygen atoms in total. The zero-order valence-electron chi connectivity index (χ0n) is 16.8. The van der Waals surface area contributed by atoms with Gasteiger partial charge in [-0.15, -0.1) is 0 Å². The average Bonchev–Trinajstić information content (AvgIpc) is 3.22. The van der Waals surface area contributed by atoms with E-state index in [-0.39, 0.29) is 5.56 Å². The molecule has 0 atom stereocenters. The summed E-state index contributed by atoms with van der Waals surface area (Å²) >= 11 is 0. The second-order valence-electron chi connectivity index (χ2n) is 7.24. The van der Waals surface area contributed by atoms with Crippen molar-refractivity contribution in [3.63, 3.8) is 0 Å². The van der Waals surface area contributed by atoms with Crippen molar-refractivity contribution in [3.8, 4) is 22.8 Å². The molecular weight excluding hydrogens is 390 g/mol. The number of pyridine rings is 1. The highest BCUT2D eigenvalue weighted by Crippen LogP contribution is 2.27. The van der Waals surface area contributed by atoms with Crippen LogP contribution in [-0.2, 0) is 13.5 Å². The van der Waals surface area contributed by atoms with Crippen LogP contribution in [-0.4, -0.2) is 24.7 Å². The molecule has 0 fully saturated rings. The van der Waals surface area contributed by atoms with Gasteiger partial charge < -0.3 is 9.72 Å². The van der Waals surface area contributed by atoms with Crippen LogP contribution in [0, 0.1) is 0 Å². The van der Waals surface area contributed by atoms with E-state index in [0.717, 1.165) is 16.8 Å². The van der Waals surface area contributed by atoms with E-state index in [0.29, 0.717) is 34.6 Å². The molecule has 0 saturated carbocycles. The number of hydrogen-bond acceptors (Lipinski definition) is 5. The quantitative estimate of drug-likeness (QED) is 0.472. The second-order valence-corrected chi connectivity index (χ2v) is 7.24. The van der Waals surface area contributed by atoms with Gasteiger partial charge in [-0.25, -0.2) is 4.98 Å². The van der Waals surface area contributed by atoms with E-state index < -0.39 is 0 Å². The Morgan fingerprint density at radius 2 is 1.87 bits per heavy atom. The van der Waals surface area contributed by atoms with Crippen LogP contribution in [0.5, 0.6) is 11.5 Å². The fourth-order valence-corrected chi connectivity index (χ4v) is 3.42. The molecule has 152 valence electrons. The fourth-order valence-electron chi connectivity index (χ4n) is 3.42. The lowest BCUT2D eigenvalue weighted by Gasteiger charge is -2.08. The second kappa shape index (κ2) is 7.87. The summed E-state index contributed by atoms with van der Waals surface area (Å²) in [6.07, 6.45) is 5.89. The minimum Gasteiger partial charge on any atom is -0.457 e. The number of H-pyrrole nitrogens is 1. The molecule has 3 aromatic heterocycles. The lowest BCUT2D eigenvalue weighted by molar-refractivity contribution is 0.483. The van der Waals surface area contributed by atoms with E-state index >= 15 is 0 Å². The Kier molecular flexibility index (Phi) is 4.76. The van der Waals surface area contributed by atoms with Gasteiger partial charge >= 0.3 is 0 Å². The third kappa shape index (κ3) is 4.06. The summed E-state index contributed by atoms with van der Waals surface area (Å²) < 4.78 is 7.71. The number of hydrogen-bond donors (Lipinski definition) is 1. The summed E-state index contributed by atoms with van der Waals surface area (Å²) in [6.45, 7) is 0. The van der Waals surface area contributed by atoms with E-state index in [2.05, 4.69) is 20.1 Å². The molecule has 0 saturated heterocycles. The Hall–Kier alpha value is -4.26. The van der Waals surface area contributed by atoms with Crippen LogP contribution >= 0.6 is 0 Å². The zero-order chi connectivity index (χ0) is 21.2. The first kappa shape index (κ1) is 18.7. The lowest BCUT2D eigenvalue weighted by Crippen LogP contribution is -2.12. The van der Waals surface area contributed by atoms with Crippen molar-refractivity contribution >= 4 is 10.9 Å². The first-order chi connectivity index (χ1) is 15.1. The summed E-state index contributed by atoms with van der Waals surface area (Å²) in [5, 5.41) is 4.66. The number of aryl methyl sites for hydroxylation is 1. The molecule has 0 aliphatic rings. The fraction of sp³-hybridized carbons (Fsp3) is 0.0833. The number of nitrogens with one attached hydrogen (secondary N) is 1. The molecule has 2 aromatic carbocycles. The van der Waals surface area contributed by atoms with E-state index in [4.69, 9.17) is 4.74 Å². The van der Waals surface area contributed by atoms with Gasteiger partial charge in [0.05, 0.1) is 22.8 Å². The van der Waals surface area contributed by atoms with E-state index in [1.54, 1.807) is 35.3 Å². The van der Waals surface area contributed by atoms with E-state index in [1.165, 1.54) is 0 Å². The van der Waals surface area contributed by atoms with Crippen LogP contribution in [0.1, 0.15) is 11.4 Å². The standard InChI is InChI=1S/C24H19N5O2/c1-29-15-17(14-26-29)22-13-19(9-10-25-22)31-18-7-8-21-20(12-18)24(30)28-23(27-21)11-16-5-3-2-4-6-16/h2-10,12-15H,11H2,1H3,(H,27,28,30). The number of nitrogens with zero attached hydrogens (tertiary/aromatic N) is 4. The van der Waals surface area contributed by atoms with Crippen LogP contribution in [0.15, 0.2) is 84.0 Å². The van der Waals surface area contributed by atoms with Gasteiger partial charge in [-0.2, -0.15) is 5.10 Å². The Bertz CT molecular complexity index is 1420. The first-order valence-corrected chi connectivity index (χ1v) is 9.84. The van der Waals surface area contributed by atoms with Crippen molar-refractivity contribution < 1.29 is 4.74 Å². The molecule has 0 radical (unpaired) electrons. The van der Waals surface area contributed by atoms with Crippen LogP contribution in [0.2, 0.25) is 0 Å². The smallest absolute Gasteiger partial charge is 0.258 e. The van der Waals surface area contributed by atoms with E-state index in [1.807, 2.05) is 55.7 Å². The van der Waals surface area contributed by atoms with Gasteiger partial charge in [-0.1, -0.05) is 30.3 Å². The molecule has 0 aliphatic heterocycles. The van der Waals surface area contributed by atoms with Crippen molar-refractivity contribution in [2.75, 3.05) is 0 Å². The normalized spacial score (nSPS) is 11.0. The summed E-state index contributed by atoms with van der Waals surface area (Å²) in [6, 6.07) is 18.9. The molecule has 0 aliphatic carbocycles. The highest BCUT2D eigenvalue weighted by Gasteiger charge is 2.09. The highest BCUT2D eigenvalue weighted by atomic mass is 16.5. The highest BCUT2D eigenvalue weighted by molar-refractivity contribution is 5.79. The van der Waals surface area contributed by atoms with Crippen LogP contribution in [0.3, 0.4) is 0 Å². The number of benzene rings is 2. The maximum Gasteiger partial charge on any atom is 0.258 e. The summed E-state index contributed by atoms with van der Waals surface area (Å²) in [5.41, 5.74) is 3.20. The lowest BCUT2D eigenvalue weighted by atomic mass is 10.1. The molecule has 0 amide bonds. The molecule has 5 rings (SSSR count). The number of rotatable bonds is 5. The number of fused-ring (bicyclic) bond motifs is 1. The summed E-state index contributed by atoms with van der Waals surface area (Å²) in [4.78, 5) is 24.5. The maximum atomic E-state index is 12.7. The first-order valence-electron chi connectivity index (χ1n) is 9.84. The molecule has 3 heterocycles. The van der Waals surface area contributed by atoms with E-state index in [9.17, 15) is 4.79 Å². The molecule has 31 heavy (non-hydrogen) atoms. The molecule has 1 N–H and O–H groups in total. The zero-order valence-corrected chi connectivity index (χ0v) is 16.8. The Morgan fingerprint density at radius 1 is 1.03 bits per heavy atom. The van der Waals surface area contributed by atoms with Crippen LogP contribution < -0.4 is 10.3 Å². The Balaban J connectivity index is 1.42. The molecule has 5 aromatic rings. The molecule has 0 unspecified atom stereocenters. The number of aromatic nitrogens is 5. The minimum absolute atomic E-state index is 0.188. The van der Waals surface area contributed by atoms with Gasteiger partial charge in [0.15, 0.2) is 0 Å². The van der Waals surface area contributed by atoms with Gasteiger partial charge in [0.1, 0.15) is 17.3 Å². The Morgan fingerprint density at radius 3 is 2.68 bits per heavy atom. The van der Waals surface area contributed by atoms with Gasteiger partial charge in [-0.05, 0) is 29.8 Å². The number of ether oxygens (including phenoxy) is 1. The minimum atomic E-state index is -0.188. The molecule has 7 heteroatoms. The van der Waals surface area contributed by atoms with Gasteiger partial charge in [0, 0.05) is 37.5 Å². The summed E-state index contributed by atoms with van der Waals surface area (Å²) in [5.74, 6) is 1.81. The van der Waals surface area contributed by atoms with Gasteiger partial charge in [0.25, 0.3) is 5.56 Å². The third-order valence-electron chi connectivity index (χ3n) is 4.91. The van der Waals surface area contributed by atoms with Crippen molar-refractivity contribution in [3.05, 3.63) is 101 Å². The Labute approximate surface area is 178 Å². The topological polar surface area (TPSA) is 85.7 Å². The summed E-state index contributed by atoms with van der Waals surface area (Å²) in [7, 11) is 1.86. The monoisotopic (exact) mass is 409 g/mol. The van der Waals surface area contributed by atoms with Crippen LogP contribution in [0.4, 0.5) is 0 Å². The van der Waals surface area contributed by atoms with Crippen LogP contribution in [0.25, 0.3) is 22.2 Å². The van der Waals surface area contributed by atoms with Crippen molar-refractivity contribution in [2.24, 2.45) is 7.05 Å². The maximum absolute atomic E-state index is 12.7. The van der Waals surface area contributed by atoms with Gasteiger partial charge in [0.2, 0.25) is 0 Å². The average molecular weight is 409 g/mol. The van der Waals surface area contributed by atoms with Crippen molar-refractivity contribution in [1.29, 1.82) is 0 Å². The predicted molar refractivity (Wildman–Crippen MR) is 118 cm³/mol. The van der Waals surface area contributed by atoms with Crippen molar-refractivity contribution in [2.45, 2.75) is 6.42 Å².